The van der Waals surface area contributed by atoms with E-state index in [2.05, 4.69) is 4.98 Å². The summed E-state index contributed by atoms with van der Waals surface area (Å²) in [7, 11) is -5.54. The molecule has 2 fully saturated rings. The fourth-order valence-electron chi connectivity index (χ4n) is 3.39. The molecule has 12 nitrogen and oxygen atoms in total. The highest BCUT2D eigenvalue weighted by Crippen LogP contribution is 2.50. The molecule has 1 saturated heterocycles. The Labute approximate surface area is 238 Å². The van der Waals surface area contributed by atoms with E-state index >= 15 is 0 Å². The molecule has 1 aliphatic carbocycles. The van der Waals surface area contributed by atoms with Gasteiger partial charge in [0.1, 0.15) is 11.3 Å². The molecule has 0 bridgehead atoms. The summed E-state index contributed by atoms with van der Waals surface area (Å²) < 4.78 is 125. The van der Waals surface area contributed by atoms with Crippen molar-refractivity contribution in [3.63, 3.8) is 0 Å². The minimum absolute atomic E-state index is 0.0427. The monoisotopic (exact) mass is 669 g/mol. The third kappa shape index (κ3) is 7.65. The summed E-state index contributed by atoms with van der Waals surface area (Å²) >= 11 is 0. The number of aromatic hydroxyl groups is 1. The van der Waals surface area contributed by atoms with Gasteiger partial charge in [-0.3, -0.25) is 9.78 Å². The van der Waals surface area contributed by atoms with Crippen molar-refractivity contribution >= 4 is 39.4 Å². The molecule has 1 aliphatic heterocycles. The first-order valence-electron chi connectivity index (χ1n) is 11.2. The Hall–Kier alpha value is -4.63. The van der Waals surface area contributed by atoms with Gasteiger partial charge in [0.2, 0.25) is 0 Å². The van der Waals surface area contributed by atoms with Gasteiger partial charge in [0, 0.05) is 11.8 Å². The molecule has 2 aliphatic rings. The Kier molecular flexibility index (Phi) is 9.83. The minimum atomic E-state index is -5.54. The average molecular weight is 669 g/mol. The van der Waals surface area contributed by atoms with Crippen LogP contribution in [0.15, 0.2) is 47.6 Å². The van der Waals surface area contributed by atoms with Crippen LogP contribution in [0.25, 0.3) is 0 Å². The van der Waals surface area contributed by atoms with E-state index in [0.717, 1.165) is 17.0 Å². The largest absolute Gasteiger partial charge is 0.506 e. The molecule has 1 spiro atoms. The number of carboxylic acid groups (broad SMARTS) is 2. The number of benzene rings is 1. The number of hydrogen-bond donors (Lipinski definition) is 3. The molecule has 4 rings (SSSR count). The molecule has 22 heteroatoms. The van der Waals surface area contributed by atoms with E-state index in [0.29, 0.717) is 30.5 Å². The van der Waals surface area contributed by atoms with Crippen LogP contribution in [0.4, 0.5) is 50.0 Å². The fourth-order valence-corrected chi connectivity index (χ4v) is 4.15. The maximum atomic E-state index is 13.0. The number of carbonyl (C=O) groups excluding carboxylic acids is 2. The highest BCUT2D eigenvalue weighted by atomic mass is 32.2. The summed E-state index contributed by atoms with van der Waals surface area (Å²) in [5.74, 6) is -6.21. The second-order valence-electron chi connectivity index (χ2n) is 8.59. The zero-order valence-electron chi connectivity index (χ0n) is 21.1. The van der Waals surface area contributed by atoms with E-state index in [1.807, 2.05) is 0 Å². The van der Waals surface area contributed by atoms with Crippen molar-refractivity contribution < 1.29 is 82.4 Å². The number of carbonyl (C=O) groups is 4. The summed E-state index contributed by atoms with van der Waals surface area (Å²) in [6, 6.07) is 4.17. The number of pyridine rings is 1. The number of hydrogen-bond acceptors (Lipinski definition) is 8. The number of imide groups is 1. The fraction of sp³-hybridized carbons (Fsp3) is 0.318. The Morgan fingerprint density at radius 2 is 1.32 bits per heavy atom. The van der Waals surface area contributed by atoms with Crippen molar-refractivity contribution in [2.45, 2.75) is 47.7 Å². The summed E-state index contributed by atoms with van der Waals surface area (Å²) in [4.78, 5) is 48.5. The molecule has 0 atom stereocenters. The molecule has 0 unspecified atom stereocenters. The number of amides is 3. The van der Waals surface area contributed by atoms with Crippen molar-refractivity contribution in [3.05, 3.63) is 48.3 Å². The van der Waals surface area contributed by atoms with E-state index in [1.54, 1.807) is 0 Å². The lowest BCUT2D eigenvalue weighted by Gasteiger charge is -2.21. The van der Waals surface area contributed by atoms with E-state index in [9.17, 15) is 62.6 Å². The summed E-state index contributed by atoms with van der Waals surface area (Å²) in [5, 5.41) is 24.2. The normalized spacial score (nSPS) is 16.1. The van der Waals surface area contributed by atoms with E-state index in [-0.39, 0.29) is 18.0 Å². The van der Waals surface area contributed by atoms with Gasteiger partial charge in [-0.05, 0) is 43.2 Å². The van der Waals surface area contributed by atoms with Crippen LogP contribution >= 0.6 is 0 Å². The van der Waals surface area contributed by atoms with Crippen LogP contribution in [-0.2, 0) is 30.8 Å². The van der Waals surface area contributed by atoms with Crippen molar-refractivity contribution in [2.75, 3.05) is 4.90 Å². The standard InChI is InChI=1S/C18H14F3N3O5S.2C2HF3O2/c19-18(20,21)30(28,29)13-3-1-12(2-4-13)24-15(26)17(6-7-17)23(16(24)27)10-11-5-8-22-9-14(11)25;2*3-2(4,5)1(6)7/h1-5,8-9,25H,6-7,10H2;2*(H,6,7). The minimum Gasteiger partial charge on any atom is -0.506 e. The molecule has 0 radical (unpaired) electrons. The van der Waals surface area contributed by atoms with Crippen molar-refractivity contribution in [2.24, 2.45) is 0 Å². The second-order valence-corrected chi connectivity index (χ2v) is 10.5. The molecule has 1 aromatic carbocycles. The van der Waals surface area contributed by atoms with Crippen molar-refractivity contribution in [1.29, 1.82) is 0 Å². The molecule has 242 valence electrons. The zero-order valence-corrected chi connectivity index (χ0v) is 21.9. The Morgan fingerprint density at radius 1 is 0.864 bits per heavy atom. The third-order valence-electron chi connectivity index (χ3n) is 5.67. The van der Waals surface area contributed by atoms with Gasteiger partial charge < -0.3 is 20.2 Å². The van der Waals surface area contributed by atoms with E-state index < -0.39 is 62.0 Å². The number of nitrogens with zero attached hydrogens (tertiary/aromatic N) is 3. The number of urea groups is 1. The molecular weight excluding hydrogens is 653 g/mol. The van der Waals surface area contributed by atoms with Gasteiger partial charge in [-0.2, -0.15) is 39.5 Å². The maximum absolute atomic E-state index is 13.0. The quantitative estimate of drug-likeness (QED) is 0.320. The predicted octanol–water partition coefficient (Wildman–Crippen LogP) is 3.85. The van der Waals surface area contributed by atoms with Crippen molar-refractivity contribution in [1.82, 2.24) is 9.88 Å². The molecular formula is C22H16F9N3O9S. The zero-order chi connectivity index (χ0) is 34.1. The van der Waals surface area contributed by atoms with Crippen molar-refractivity contribution in [3.8, 4) is 5.75 Å². The first-order valence-corrected chi connectivity index (χ1v) is 12.7. The van der Waals surface area contributed by atoms with Gasteiger partial charge in [-0.1, -0.05) is 0 Å². The van der Waals surface area contributed by atoms with Gasteiger partial charge in [-0.25, -0.2) is 27.7 Å². The highest BCUT2D eigenvalue weighted by Gasteiger charge is 2.65. The molecule has 2 aromatic rings. The first-order chi connectivity index (χ1) is 19.9. The second kappa shape index (κ2) is 12.2. The van der Waals surface area contributed by atoms with E-state index in [1.165, 1.54) is 23.4 Å². The SMILES string of the molecule is O=C(O)C(F)(F)F.O=C(O)C(F)(F)F.O=C1N(c2ccc(S(=O)(=O)C(F)(F)F)cc2)C(=O)C2(CC2)N1Cc1ccncc1O. The molecule has 44 heavy (non-hydrogen) atoms. The van der Waals surface area contributed by atoms with Gasteiger partial charge in [-0.15, -0.1) is 0 Å². The number of anilines is 1. The lowest BCUT2D eigenvalue weighted by atomic mass is 10.2. The van der Waals surface area contributed by atoms with Crippen LogP contribution < -0.4 is 4.90 Å². The predicted molar refractivity (Wildman–Crippen MR) is 123 cm³/mol. The topological polar surface area (TPSA) is 182 Å². The number of rotatable bonds is 4. The van der Waals surface area contributed by atoms with Crippen LogP contribution in [0.2, 0.25) is 0 Å². The summed E-state index contributed by atoms with van der Waals surface area (Å²) in [6.45, 7) is -0.0596. The Bertz CT molecular complexity index is 1510. The molecule has 1 aromatic heterocycles. The molecule has 3 amide bonds. The summed E-state index contributed by atoms with van der Waals surface area (Å²) in [6.07, 6.45) is -6.73. The molecule has 2 heterocycles. The smallest absolute Gasteiger partial charge is 0.501 e. The highest BCUT2D eigenvalue weighted by molar-refractivity contribution is 7.92. The van der Waals surface area contributed by atoms with Gasteiger partial charge in [0.05, 0.1) is 23.3 Å². The number of carboxylic acids is 2. The van der Waals surface area contributed by atoms with E-state index in [4.69, 9.17) is 19.8 Å². The van der Waals surface area contributed by atoms with Crippen LogP contribution in [0.3, 0.4) is 0 Å². The number of alkyl halides is 9. The van der Waals surface area contributed by atoms with Crippen LogP contribution in [0.1, 0.15) is 18.4 Å². The van der Waals surface area contributed by atoms with Crippen LogP contribution in [0, 0.1) is 0 Å². The van der Waals surface area contributed by atoms with Gasteiger partial charge in [0.25, 0.3) is 15.7 Å². The number of sulfone groups is 1. The number of aromatic nitrogens is 1. The average Bonchev–Trinajstić information content (AvgIpc) is 3.66. The molecule has 3 N–H and O–H groups in total. The third-order valence-corrected chi connectivity index (χ3v) is 7.18. The van der Waals surface area contributed by atoms with Gasteiger partial charge in [0.15, 0.2) is 0 Å². The van der Waals surface area contributed by atoms with Crippen LogP contribution in [-0.4, -0.2) is 80.9 Å². The lowest BCUT2D eigenvalue weighted by molar-refractivity contribution is -0.193. The first kappa shape index (κ1) is 35.6. The number of aliphatic carboxylic acids is 2. The number of halogens is 9. The Balaban J connectivity index is 0.000000402. The maximum Gasteiger partial charge on any atom is 0.501 e. The summed E-state index contributed by atoms with van der Waals surface area (Å²) in [5.41, 5.74) is -6.21. The van der Waals surface area contributed by atoms with Crippen LogP contribution in [0.5, 0.6) is 5.75 Å². The molecule has 1 saturated carbocycles. The van der Waals surface area contributed by atoms with Gasteiger partial charge >= 0.3 is 35.8 Å². The lowest BCUT2D eigenvalue weighted by Crippen LogP contribution is -2.36. The Morgan fingerprint density at radius 3 is 1.68 bits per heavy atom.